The third kappa shape index (κ3) is 4.09. The van der Waals surface area contributed by atoms with E-state index < -0.39 is 15.8 Å². The fourth-order valence-corrected chi connectivity index (χ4v) is 2.92. The molecule has 1 aromatic carbocycles. The lowest BCUT2D eigenvalue weighted by molar-refractivity contribution is 0.554. The number of sulfonamides is 1. The number of halogens is 3. The van der Waals surface area contributed by atoms with Gasteiger partial charge in [-0.1, -0.05) is 25.4 Å². The zero-order valence-corrected chi connectivity index (χ0v) is 12.3. The highest BCUT2D eigenvalue weighted by molar-refractivity contribution is 7.89. The van der Waals surface area contributed by atoms with Crippen LogP contribution in [0.1, 0.15) is 13.8 Å². The molecule has 18 heavy (non-hydrogen) atoms. The van der Waals surface area contributed by atoms with Crippen molar-refractivity contribution in [2.24, 2.45) is 5.92 Å². The second kappa shape index (κ2) is 6.19. The molecule has 0 fully saturated rings. The van der Waals surface area contributed by atoms with Crippen molar-refractivity contribution in [1.29, 1.82) is 0 Å². The number of rotatable bonds is 5. The molecule has 0 saturated heterocycles. The number of alkyl halides is 1. The Morgan fingerprint density at radius 3 is 2.56 bits per heavy atom. The van der Waals surface area contributed by atoms with Gasteiger partial charge in [0, 0.05) is 11.9 Å². The smallest absolute Gasteiger partial charge is 0.210 e. The maximum atomic E-state index is 13.0. The van der Waals surface area contributed by atoms with Crippen LogP contribution >= 0.6 is 23.2 Å². The van der Waals surface area contributed by atoms with E-state index in [-0.39, 0.29) is 27.8 Å². The third-order valence-corrected chi connectivity index (χ3v) is 4.94. The third-order valence-electron chi connectivity index (χ3n) is 2.37. The number of benzene rings is 1. The van der Waals surface area contributed by atoms with Crippen LogP contribution in [-0.4, -0.2) is 20.3 Å². The lowest BCUT2D eigenvalue weighted by Crippen LogP contribution is -2.32. The van der Waals surface area contributed by atoms with E-state index >= 15 is 0 Å². The van der Waals surface area contributed by atoms with Gasteiger partial charge in [-0.3, -0.25) is 0 Å². The Kier molecular flexibility index (Phi) is 5.40. The Bertz CT molecular complexity index is 520. The summed E-state index contributed by atoms with van der Waals surface area (Å²) in [4.78, 5) is -0.281. The van der Waals surface area contributed by atoms with Crippen LogP contribution in [0.4, 0.5) is 4.39 Å². The van der Waals surface area contributed by atoms with E-state index in [0.717, 1.165) is 12.1 Å². The van der Waals surface area contributed by atoms with Gasteiger partial charge in [0.2, 0.25) is 10.0 Å². The van der Waals surface area contributed by atoms with Crippen molar-refractivity contribution >= 4 is 33.2 Å². The average molecular weight is 314 g/mol. The molecule has 0 aliphatic carbocycles. The minimum atomic E-state index is -3.85. The van der Waals surface area contributed by atoms with Gasteiger partial charge < -0.3 is 0 Å². The molecule has 0 amide bonds. The molecule has 1 N–H and O–H groups in total. The summed E-state index contributed by atoms with van der Waals surface area (Å²) < 4.78 is 39.2. The van der Waals surface area contributed by atoms with Gasteiger partial charge in [0.15, 0.2) is 0 Å². The highest BCUT2D eigenvalue weighted by Gasteiger charge is 2.20. The van der Waals surface area contributed by atoms with Crippen molar-refractivity contribution in [3.63, 3.8) is 0 Å². The van der Waals surface area contributed by atoms with E-state index in [2.05, 4.69) is 4.72 Å². The standard InChI is InChI=1S/C11H14Cl2FNO2S/c1-7(2)10(13)6-15-18(16,17)11-5-8(14)3-4-9(11)12/h3-5,7,10,15H,6H2,1-2H3. The van der Waals surface area contributed by atoms with Gasteiger partial charge in [0.25, 0.3) is 0 Å². The van der Waals surface area contributed by atoms with Crippen LogP contribution in [-0.2, 0) is 10.0 Å². The molecule has 3 nitrogen and oxygen atoms in total. The summed E-state index contributed by atoms with van der Waals surface area (Å²) in [5.74, 6) is -0.539. The summed E-state index contributed by atoms with van der Waals surface area (Å²) in [5.41, 5.74) is 0. The summed E-state index contributed by atoms with van der Waals surface area (Å²) in [5, 5.41) is -0.369. The van der Waals surface area contributed by atoms with Crippen molar-refractivity contribution in [3.05, 3.63) is 29.0 Å². The summed E-state index contributed by atoms with van der Waals surface area (Å²) in [6.45, 7) is 3.82. The Labute approximate surface area is 116 Å². The quantitative estimate of drug-likeness (QED) is 0.849. The second-order valence-electron chi connectivity index (χ2n) is 4.19. The normalized spacial score (nSPS) is 13.9. The molecule has 0 aliphatic rings. The molecule has 1 aromatic rings. The molecule has 0 saturated carbocycles. The zero-order chi connectivity index (χ0) is 13.9. The molecule has 1 rings (SSSR count). The fourth-order valence-electron chi connectivity index (χ4n) is 1.19. The van der Waals surface area contributed by atoms with E-state index in [4.69, 9.17) is 23.2 Å². The molecule has 1 unspecified atom stereocenters. The van der Waals surface area contributed by atoms with Crippen molar-refractivity contribution < 1.29 is 12.8 Å². The van der Waals surface area contributed by atoms with E-state index in [1.54, 1.807) is 0 Å². The monoisotopic (exact) mass is 313 g/mol. The van der Waals surface area contributed by atoms with Crippen LogP contribution in [0.25, 0.3) is 0 Å². The van der Waals surface area contributed by atoms with Crippen LogP contribution in [0.5, 0.6) is 0 Å². The number of hydrogen-bond donors (Lipinski definition) is 1. The van der Waals surface area contributed by atoms with Crippen molar-refractivity contribution in [2.45, 2.75) is 24.1 Å². The van der Waals surface area contributed by atoms with E-state index in [9.17, 15) is 12.8 Å². The Balaban J connectivity index is 2.90. The van der Waals surface area contributed by atoms with Gasteiger partial charge in [0.05, 0.1) is 5.02 Å². The van der Waals surface area contributed by atoms with E-state index in [1.165, 1.54) is 6.07 Å². The molecule has 0 radical (unpaired) electrons. The molecule has 0 aromatic heterocycles. The summed E-state index contributed by atoms with van der Waals surface area (Å²) in [6, 6.07) is 3.18. The molecule has 0 spiro atoms. The maximum Gasteiger partial charge on any atom is 0.242 e. The van der Waals surface area contributed by atoms with Crippen LogP contribution in [0.2, 0.25) is 5.02 Å². The zero-order valence-electron chi connectivity index (χ0n) is 9.95. The molecular weight excluding hydrogens is 300 g/mol. The van der Waals surface area contributed by atoms with Gasteiger partial charge >= 0.3 is 0 Å². The highest BCUT2D eigenvalue weighted by Crippen LogP contribution is 2.22. The largest absolute Gasteiger partial charge is 0.242 e. The van der Waals surface area contributed by atoms with Gasteiger partial charge in [0.1, 0.15) is 10.7 Å². The van der Waals surface area contributed by atoms with Crippen molar-refractivity contribution in [3.8, 4) is 0 Å². The van der Waals surface area contributed by atoms with Crippen LogP contribution in [0, 0.1) is 11.7 Å². The van der Waals surface area contributed by atoms with Gasteiger partial charge in [-0.05, 0) is 24.1 Å². The van der Waals surface area contributed by atoms with Gasteiger partial charge in [-0.2, -0.15) is 0 Å². The fraction of sp³-hybridized carbons (Fsp3) is 0.455. The summed E-state index contributed by atoms with van der Waals surface area (Å²) in [7, 11) is -3.85. The first-order valence-corrected chi connectivity index (χ1v) is 7.62. The first kappa shape index (κ1) is 15.7. The first-order chi connectivity index (χ1) is 8.24. The predicted octanol–water partition coefficient (Wildman–Crippen LogP) is 3.02. The van der Waals surface area contributed by atoms with Gasteiger partial charge in [-0.25, -0.2) is 17.5 Å². The van der Waals surface area contributed by atoms with E-state index in [0.29, 0.717) is 0 Å². The minimum absolute atomic E-state index is 0.0282. The predicted molar refractivity (Wildman–Crippen MR) is 71.1 cm³/mol. The topological polar surface area (TPSA) is 46.2 Å². The first-order valence-electron chi connectivity index (χ1n) is 5.33. The van der Waals surface area contributed by atoms with Crippen molar-refractivity contribution in [2.75, 3.05) is 6.54 Å². The SMILES string of the molecule is CC(C)C(Cl)CNS(=O)(=O)c1cc(F)ccc1Cl. The Hall–Kier alpha value is -0.360. The summed E-state index contributed by atoms with van der Waals surface area (Å²) in [6.07, 6.45) is 0. The average Bonchev–Trinajstić information content (AvgIpc) is 2.29. The molecule has 1 atom stereocenters. The molecule has 0 heterocycles. The lowest BCUT2D eigenvalue weighted by atomic mass is 10.1. The Morgan fingerprint density at radius 1 is 1.39 bits per heavy atom. The van der Waals surface area contributed by atoms with E-state index in [1.807, 2.05) is 13.8 Å². The highest BCUT2D eigenvalue weighted by atomic mass is 35.5. The van der Waals surface area contributed by atoms with Crippen LogP contribution in [0.15, 0.2) is 23.1 Å². The lowest BCUT2D eigenvalue weighted by Gasteiger charge is -2.14. The summed E-state index contributed by atoms with van der Waals surface area (Å²) >= 11 is 11.7. The molecule has 7 heteroatoms. The molecule has 0 bridgehead atoms. The number of nitrogens with one attached hydrogen (secondary N) is 1. The van der Waals surface area contributed by atoms with Crippen molar-refractivity contribution in [1.82, 2.24) is 4.72 Å². The van der Waals surface area contributed by atoms with Gasteiger partial charge in [-0.15, -0.1) is 11.6 Å². The second-order valence-corrected chi connectivity index (χ2v) is 6.89. The van der Waals surface area contributed by atoms with Crippen LogP contribution < -0.4 is 4.72 Å². The minimum Gasteiger partial charge on any atom is -0.210 e. The van der Waals surface area contributed by atoms with Crippen LogP contribution in [0.3, 0.4) is 0 Å². The molecular formula is C11H14Cl2FNO2S. The number of hydrogen-bond acceptors (Lipinski definition) is 2. The maximum absolute atomic E-state index is 13.0. The molecule has 102 valence electrons. The molecule has 0 aliphatic heterocycles. The Morgan fingerprint density at radius 2 is 2.00 bits per heavy atom.